The molecule has 18 heavy (non-hydrogen) atoms. The number of nitrogens with zero attached hydrogens (tertiary/aromatic N) is 4. The van der Waals surface area contributed by atoms with E-state index >= 15 is 0 Å². The molecule has 0 aliphatic rings. The average Bonchev–Trinajstić information content (AvgIpc) is 2.92. The summed E-state index contributed by atoms with van der Waals surface area (Å²) < 4.78 is 3.74. The van der Waals surface area contributed by atoms with Crippen molar-refractivity contribution in [3.8, 4) is 0 Å². The van der Waals surface area contributed by atoms with Gasteiger partial charge in [-0.25, -0.2) is 4.98 Å². The summed E-state index contributed by atoms with van der Waals surface area (Å²) in [7, 11) is 3.85. The molecule has 0 bridgehead atoms. The summed E-state index contributed by atoms with van der Waals surface area (Å²) in [4.78, 5) is 4.26. The molecular weight excluding hydrogens is 228 g/mol. The summed E-state index contributed by atoms with van der Waals surface area (Å²) in [6, 6.07) is 0. The van der Waals surface area contributed by atoms with Crippen molar-refractivity contribution in [2.24, 2.45) is 14.1 Å². The Morgan fingerprint density at radius 3 is 2.78 bits per heavy atom. The number of aromatic nitrogens is 4. The van der Waals surface area contributed by atoms with Gasteiger partial charge in [0, 0.05) is 44.7 Å². The van der Waals surface area contributed by atoms with E-state index in [9.17, 15) is 5.11 Å². The Bertz CT molecular complexity index is 515. The highest BCUT2D eigenvalue weighted by molar-refractivity contribution is 5.20. The Morgan fingerprint density at radius 1 is 1.39 bits per heavy atom. The second kappa shape index (κ2) is 5.35. The van der Waals surface area contributed by atoms with Gasteiger partial charge >= 0.3 is 0 Å². The van der Waals surface area contributed by atoms with Gasteiger partial charge < -0.3 is 9.67 Å². The molecule has 98 valence electrons. The van der Waals surface area contributed by atoms with Crippen LogP contribution in [0.15, 0.2) is 18.6 Å². The lowest BCUT2D eigenvalue weighted by molar-refractivity contribution is 0.165. The quantitative estimate of drug-likeness (QED) is 0.869. The van der Waals surface area contributed by atoms with Crippen molar-refractivity contribution in [1.29, 1.82) is 0 Å². The number of hydrogen-bond acceptors (Lipinski definition) is 3. The van der Waals surface area contributed by atoms with E-state index < -0.39 is 6.10 Å². The zero-order valence-corrected chi connectivity index (χ0v) is 11.2. The number of imidazole rings is 1. The first-order valence-corrected chi connectivity index (χ1v) is 6.28. The van der Waals surface area contributed by atoms with E-state index in [2.05, 4.69) is 17.0 Å². The lowest BCUT2D eigenvalue weighted by Gasteiger charge is -2.10. The highest BCUT2D eigenvalue weighted by Crippen LogP contribution is 2.21. The maximum absolute atomic E-state index is 10.2. The predicted octanol–water partition coefficient (Wildman–Crippen LogP) is 1.38. The van der Waals surface area contributed by atoms with Gasteiger partial charge in [-0.3, -0.25) is 4.68 Å². The van der Waals surface area contributed by atoms with Crippen molar-refractivity contribution in [3.05, 3.63) is 35.7 Å². The van der Waals surface area contributed by atoms with E-state index in [1.54, 1.807) is 10.9 Å². The van der Waals surface area contributed by atoms with E-state index in [1.165, 1.54) is 0 Å². The third-order valence-corrected chi connectivity index (χ3v) is 3.19. The van der Waals surface area contributed by atoms with Crippen molar-refractivity contribution >= 4 is 0 Å². The molecule has 1 N–H and O–H groups in total. The molecular formula is C13H20N4O. The van der Waals surface area contributed by atoms with Gasteiger partial charge in [-0.2, -0.15) is 5.10 Å². The molecule has 2 aromatic rings. The van der Waals surface area contributed by atoms with Crippen molar-refractivity contribution < 1.29 is 5.11 Å². The number of aliphatic hydroxyl groups is 1. The molecule has 1 unspecified atom stereocenters. The molecule has 0 spiro atoms. The van der Waals surface area contributed by atoms with Crippen LogP contribution in [0.1, 0.15) is 36.5 Å². The molecule has 2 heterocycles. The minimum atomic E-state index is -0.467. The van der Waals surface area contributed by atoms with Gasteiger partial charge in [0.25, 0.3) is 0 Å². The van der Waals surface area contributed by atoms with Crippen molar-refractivity contribution in [2.75, 3.05) is 0 Å². The van der Waals surface area contributed by atoms with Gasteiger partial charge in [0.05, 0.1) is 11.8 Å². The Hall–Kier alpha value is -1.62. The number of aliphatic hydroxyl groups excluding tert-OH is 1. The molecule has 0 aliphatic heterocycles. The van der Waals surface area contributed by atoms with E-state index in [-0.39, 0.29) is 0 Å². The van der Waals surface area contributed by atoms with Crippen LogP contribution in [-0.4, -0.2) is 24.4 Å². The standard InChI is InChI=1S/C13H20N4O/c1-4-11-10(9-17(3)15-11)12(18)5-6-13-14-7-8-16(13)2/h7-9,12,18H,4-6H2,1-3H3. The van der Waals surface area contributed by atoms with E-state index in [1.807, 2.05) is 31.1 Å². The van der Waals surface area contributed by atoms with Crippen LogP contribution in [-0.2, 0) is 26.9 Å². The van der Waals surface area contributed by atoms with Gasteiger partial charge in [0.15, 0.2) is 0 Å². The van der Waals surface area contributed by atoms with E-state index in [0.717, 1.165) is 29.9 Å². The Kier molecular flexibility index (Phi) is 3.81. The third kappa shape index (κ3) is 2.61. The molecule has 5 nitrogen and oxygen atoms in total. The summed E-state index contributed by atoms with van der Waals surface area (Å²) in [5.41, 5.74) is 1.92. The lowest BCUT2D eigenvalue weighted by atomic mass is 10.0. The fourth-order valence-corrected chi connectivity index (χ4v) is 2.16. The summed E-state index contributed by atoms with van der Waals surface area (Å²) in [5.74, 6) is 0.996. The largest absolute Gasteiger partial charge is 0.388 e. The summed E-state index contributed by atoms with van der Waals surface area (Å²) in [5, 5.41) is 14.6. The predicted molar refractivity (Wildman–Crippen MR) is 69.1 cm³/mol. The first-order valence-electron chi connectivity index (χ1n) is 6.28. The van der Waals surface area contributed by atoms with Crippen LogP contribution in [0.25, 0.3) is 0 Å². The maximum atomic E-state index is 10.2. The minimum absolute atomic E-state index is 0.467. The number of hydrogen-bond donors (Lipinski definition) is 1. The second-order valence-corrected chi connectivity index (χ2v) is 4.57. The topological polar surface area (TPSA) is 55.9 Å². The maximum Gasteiger partial charge on any atom is 0.108 e. The zero-order chi connectivity index (χ0) is 13.1. The minimum Gasteiger partial charge on any atom is -0.388 e. The van der Waals surface area contributed by atoms with Crippen LogP contribution < -0.4 is 0 Å². The summed E-state index contributed by atoms with van der Waals surface area (Å²) in [6.45, 7) is 2.05. The highest BCUT2D eigenvalue weighted by atomic mass is 16.3. The molecule has 5 heteroatoms. The third-order valence-electron chi connectivity index (χ3n) is 3.19. The molecule has 0 aromatic carbocycles. The Morgan fingerprint density at radius 2 is 2.17 bits per heavy atom. The molecule has 0 amide bonds. The monoisotopic (exact) mass is 248 g/mol. The van der Waals surface area contributed by atoms with Gasteiger partial charge in [-0.15, -0.1) is 0 Å². The van der Waals surface area contributed by atoms with E-state index in [0.29, 0.717) is 6.42 Å². The van der Waals surface area contributed by atoms with Crippen molar-refractivity contribution in [3.63, 3.8) is 0 Å². The van der Waals surface area contributed by atoms with Gasteiger partial charge in [-0.05, 0) is 12.8 Å². The lowest BCUT2D eigenvalue weighted by Crippen LogP contribution is -2.04. The van der Waals surface area contributed by atoms with Crippen molar-refractivity contribution in [2.45, 2.75) is 32.3 Å². The normalized spacial score (nSPS) is 12.9. The average molecular weight is 248 g/mol. The second-order valence-electron chi connectivity index (χ2n) is 4.57. The van der Waals surface area contributed by atoms with Crippen LogP contribution in [0.2, 0.25) is 0 Å². The van der Waals surface area contributed by atoms with Crippen LogP contribution in [0.4, 0.5) is 0 Å². The zero-order valence-electron chi connectivity index (χ0n) is 11.2. The van der Waals surface area contributed by atoms with E-state index in [4.69, 9.17) is 0 Å². The molecule has 0 radical (unpaired) electrons. The molecule has 1 atom stereocenters. The molecule has 2 rings (SSSR count). The molecule has 2 aromatic heterocycles. The molecule has 0 saturated carbocycles. The van der Waals surface area contributed by atoms with Crippen LogP contribution in [0, 0.1) is 0 Å². The molecule has 0 saturated heterocycles. The smallest absolute Gasteiger partial charge is 0.108 e. The first-order chi connectivity index (χ1) is 8.61. The Balaban J connectivity index is 2.03. The molecule has 0 fully saturated rings. The number of rotatable bonds is 5. The van der Waals surface area contributed by atoms with Crippen molar-refractivity contribution in [1.82, 2.24) is 19.3 Å². The Labute approximate surface area is 107 Å². The number of aryl methyl sites for hydroxylation is 4. The van der Waals surface area contributed by atoms with Gasteiger partial charge in [0.2, 0.25) is 0 Å². The van der Waals surface area contributed by atoms with Crippen LogP contribution >= 0.6 is 0 Å². The fraction of sp³-hybridized carbons (Fsp3) is 0.538. The fourth-order valence-electron chi connectivity index (χ4n) is 2.16. The molecule has 0 aliphatic carbocycles. The first kappa shape index (κ1) is 12.8. The summed E-state index contributed by atoms with van der Waals surface area (Å²) in [6.07, 6.45) is 7.42. The van der Waals surface area contributed by atoms with Crippen LogP contribution in [0.5, 0.6) is 0 Å². The van der Waals surface area contributed by atoms with Gasteiger partial charge in [0.1, 0.15) is 5.82 Å². The SMILES string of the molecule is CCc1nn(C)cc1C(O)CCc1nccn1C. The summed E-state index contributed by atoms with van der Waals surface area (Å²) >= 11 is 0. The highest BCUT2D eigenvalue weighted by Gasteiger charge is 2.15. The van der Waals surface area contributed by atoms with Crippen LogP contribution in [0.3, 0.4) is 0 Å². The van der Waals surface area contributed by atoms with Gasteiger partial charge in [-0.1, -0.05) is 6.92 Å².